The third-order valence-electron chi connectivity index (χ3n) is 7.19. The molecule has 2 N–H and O–H groups in total. The maximum absolute atomic E-state index is 15.3. The molecule has 0 amide bonds. The summed E-state index contributed by atoms with van der Waals surface area (Å²) < 4.78 is 15.3. The molecule has 0 radical (unpaired) electrons. The fourth-order valence-corrected chi connectivity index (χ4v) is 5.31. The Hall–Kier alpha value is -4.50. The summed E-state index contributed by atoms with van der Waals surface area (Å²) in [4.78, 5) is 23.7. The van der Waals surface area contributed by atoms with Crippen molar-refractivity contribution in [2.24, 2.45) is 0 Å². The Morgan fingerprint density at radius 2 is 1.71 bits per heavy atom. The first-order valence-electron chi connectivity index (χ1n) is 12.8. The molecule has 5 aromatic heterocycles. The third kappa shape index (κ3) is 4.10. The summed E-state index contributed by atoms with van der Waals surface area (Å²) in [5.41, 5.74) is 6.82. The molecule has 0 saturated carbocycles. The highest BCUT2D eigenvalue weighted by Gasteiger charge is 2.19. The molecule has 9 heteroatoms. The van der Waals surface area contributed by atoms with Crippen molar-refractivity contribution in [3.63, 3.8) is 0 Å². The Kier molecular flexibility index (Phi) is 5.62. The van der Waals surface area contributed by atoms with Gasteiger partial charge in [0, 0.05) is 65.7 Å². The van der Waals surface area contributed by atoms with Crippen LogP contribution < -0.4 is 0 Å². The number of nitrogens with one attached hydrogen (secondary N) is 2. The SMILES string of the molecule is Fc1cc2[nH]nc(-c3nc4c(-c5ccncc5)nccc4[nH]3)c2cc1-c1cncc(CN2CCCCC2)c1. The van der Waals surface area contributed by atoms with Gasteiger partial charge in [0.2, 0.25) is 0 Å². The Labute approximate surface area is 218 Å². The first-order valence-corrected chi connectivity index (χ1v) is 12.8. The molecule has 6 heterocycles. The van der Waals surface area contributed by atoms with Gasteiger partial charge in [-0.2, -0.15) is 5.10 Å². The molecule has 38 heavy (non-hydrogen) atoms. The number of aromatic amines is 2. The van der Waals surface area contributed by atoms with E-state index in [-0.39, 0.29) is 5.82 Å². The van der Waals surface area contributed by atoms with Gasteiger partial charge in [-0.15, -0.1) is 0 Å². The number of H-pyrrole nitrogens is 2. The lowest BCUT2D eigenvalue weighted by Crippen LogP contribution is -2.29. The number of pyridine rings is 3. The van der Waals surface area contributed by atoms with Crippen LogP contribution in [0.1, 0.15) is 24.8 Å². The molecule has 6 aromatic rings. The van der Waals surface area contributed by atoms with Crippen LogP contribution >= 0.6 is 0 Å². The maximum atomic E-state index is 15.3. The first-order chi connectivity index (χ1) is 18.7. The van der Waals surface area contributed by atoms with E-state index in [1.54, 1.807) is 24.8 Å². The zero-order valence-electron chi connectivity index (χ0n) is 20.7. The molecule has 0 unspecified atom stereocenters. The summed E-state index contributed by atoms with van der Waals surface area (Å²) in [5, 5.41) is 8.24. The van der Waals surface area contributed by atoms with Gasteiger partial charge >= 0.3 is 0 Å². The second-order valence-electron chi connectivity index (χ2n) is 9.75. The number of likely N-dealkylation sites (tertiary alicyclic amines) is 1. The van der Waals surface area contributed by atoms with Gasteiger partial charge in [0.25, 0.3) is 0 Å². The van der Waals surface area contributed by atoms with Crippen LogP contribution in [0.25, 0.3) is 55.8 Å². The van der Waals surface area contributed by atoms with E-state index < -0.39 is 0 Å². The zero-order chi connectivity index (χ0) is 25.5. The van der Waals surface area contributed by atoms with Crippen LogP contribution in [-0.4, -0.2) is 53.1 Å². The van der Waals surface area contributed by atoms with E-state index in [2.05, 4.69) is 35.0 Å². The Bertz CT molecular complexity index is 1750. The molecule has 0 aliphatic carbocycles. The molecule has 1 aliphatic rings. The monoisotopic (exact) mass is 504 g/mol. The summed E-state index contributed by atoms with van der Waals surface area (Å²) >= 11 is 0. The normalized spacial score (nSPS) is 14.4. The Balaban J connectivity index is 1.29. The molecule has 1 aliphatic heterocycles. The van der Waals surface area contributed by atoms with Crippen molar-refractivity contribution in [1.82, 2.24) is 40.0 Å². The van der Waals surface area contributed by atoms with Gasteiger partial charge in [0.1, 0.15) is 17.0 Å². The average Bonchev–Trinajstić information content (AvgIpc) is 3.57. The highest BCUT2D eigenvalue weighted by atomic mass is 19.1. The number of hydrogen-bond acceptors (Lipinski definition) is 6. The fourth-order valence-electron chi connectivity index (χ4n) is 5.31. The lowest BCUT2D eigenvalue weighted by molar-refractivity contribution is 0.220. The van der Waals surface area contributed by atoms with Crippen molar-refractivity contribution in [2.45, 2.75) is 25.8 Å². The molecule has 0 spiro atoms. The molecule has 1 aromatic carbocycles. The number of halogens is 1. The molecule has 8 nitrogen and oxygen atoms in total. The molecular formula is C29H25FN8. The number of piperidine rings is 1. The summed E-state index contributed by atoms with van der Waals surface area (Å²) in [5.74, 6) is 0.266. The molecule has 188 valence electrons. The summed E-state index contributed by atoms with van der Waals surface area (Å²) in [6.07, 6.45) is 12.6. The Morgan fingerprint density at radius 3 is 2.58 bits per heavy atom. The number of nitrogens with zero attached hydrogens (tertiary/aromatic N) is 6. The number of hydrogen-bond donors (Lipinski definition) is 2. The minimum atomic E-state index is -0.321. The Morgan fingerprint density at radius 1 is 0.842 bits per heavy atom. The molecule has 7 rings (SSSR count). The molecule has 0 atom stereocenters. The van der Waals surface area contributed by atoms with Crippen LogP contribution in [0.4, 0.5) is 4.39 Å². The predicted octanol–water partition coefficient (Wildman–Crippen LogP) is 5.75. The van der Waals surface area contributed by atoms with Crippen LogP contribution in [0.3, 0.4) is 0 Å². The minimum Gasteiger partial charge on any atom is -0.336 e. The van der Waals surface area contributed by atoms with Crippen molar-refractivity contribution in [3.05, 3.63) is 78.8 Å². The van der Waals surface area contributed by atoms with Gasteiger partial charge < -0.3 is 4.98 Å². The lowest BCUT2D eigenvalue weighted by Gasteiger charge is -2.26. The van der Waals surface area contributed by atoms with Gasteiger partial charge in [-0.1, -0.05) is 6.42 Å². The highest BCUT2D eigenvalue weighted by Crippen LogP contribution is 2.34. The van der Waals surface area contributed by atoms with E-state index in [0.29, 0.717) is 22.6 Å². The number of rotatable bonds is 5. The number of aromatic nitrogens is 7. The quantitative estimate of drug-likeness (QED) is 0.310. The number of fused-ring (bicyclic) bond motifs is 2. The van der Waals surface area contributed by atoms with Crippen LogP contribution in [0, 0.1) is 5.82 Å². The smallest absolute Gasteiger partial charge is 0.159 e. The lowest BCUT2D eigenvalue weighted by atomic mass is 10.0. The van der Waals surface area contributed by atoms with Crippen molar-refractivity contribution >= 4 is 21.9 Å². The van der Waals surface area contributed by atoms with Gasteiger partial charge in [0.15, 0.2) is 5.82 Å². The van der Waals surface area contributed by atoms with E-state index in [4.69, 9.17) is 4.98 Å². The van der Waals surface area contributed by atoms with E-state index in [1.807, 2.05) is 36.5 Å². The molecule has 1 fully saturated rings. The first kappa shape index (κ1) is 22.7. The van der Waals surface area contributed by atoms with Crippen molar-refractivity contribution in [3.8, 4) is 33.9 Å². The van der Waals surface area contributed by atoms with Crippen LogP contribution in [0.2, 0.25) is 0 Å². The average molecular weight is 505 g/mol. The van der Waals surface area contributed by atoms with Crippen LogP contribution in [-0.2, 0) is 6.54 Å². The van der Waals surface area contributed by atoms with E-state index in [0.717, 1.165) is 58.4 Å². The van der Waals surface area contributed by atoms with Crippen LogP contribution in [0.15, 0.2) is 67.4 Å². The summed E-state index contributed by atoms with van der Waals surface area (Å²) in [7, 11) is 0. The largest absolute Gasteiger partial charge is 0.336 e. The third-order valence-corrected chi connectivity index (χ3v) is 7.19. The van der Waals surface area contributed by atoms with Gasteiger partial charge in [-0.25, -0.2) is 9.37 Å². The van der Waals surface area contributed by atoms with Crippen molar-refractivity contribution in [1.29, 1.82) is 0 Å². The number of imidazole rings is 1. The highest BCUT2D eigenvalue weighted by molar-refractivity contribution is 5.97. The minimum absolute atomic E-state index is 0.321. The molecule has 1 saturated heterocycles. The van der Waals surface area contributed by atoms with Gasteiger partial charge in [-0.05, 0) is 61.8 Å². The van der Waals surface area contributed by atoms with Crippen molar-refractivity contribution < 1.29 is 4.39 Å². The van der Waals surface area contributed by atoms with Crippen LogP contribution in [0.5, 0.6) is 0 Å². The zero-order valence-corrected chi connectivity index (χ0v) is 20.7. The maximum Gasteiger partial charge on any atom is 0.159 e. The second-order valence-corrected chi connectivity index (χ2v) is 9.75. The van der Waals surface area contributed by atoms with E-state index in [1.165, 1.54) is 25.3 Å². The van der Waals surface area contributed by atoms with E-state index >= 15 is 4.39 Å². The van der Waals surface area contributed by atoms with E-state index in [9.17, 15) is 0 Å². The summed E-state index contributed by atoms with van der Waals surface area (Å²) in [6, 6.07) is 11.1. The predicted molar refractivity (Wildman–Crippen MR) is 145 cm³/mol. The van der Waals surface area contributed by atoms with Crippen molar-refractivity contribution in [2.75, 3.05) is 13.1 Å². The topological polar surface area (TPSA) is 99.3 Å². The number of benzene rings is 1. The molecular weight excluding hydrogens is 479 g/mol. The fraction of sp³-hybridized carbons (Fsp3) is 0.207. The van der Waals surface area contributed by atoms with Gasteiger partial charge in [0.05, 0.1) is 16.7 Å². The van der Waals surface area contributed by atoms with Gasteiger partial charge in [-0.3, -0.25) is 25.0 Å². The summed E-state index contributed by atoms with van der Waals surface area (Å²) in [6.45, 7) is 3.02. The molecule has 0 bridgehead atoms. The standard InChI is InChI=1S/C29H25FN8/c30-23-14-25-22(13-21(23)20-12-18(15-32-16-20)17-38-10-2-1-3-11-38)27(37-36-25)29-34-24-6-9-33-26(28(24)35-29)19-4-7-31-8-5-19/h4-9,12-16H,1-3,10-11,17H2,(H,34,35)(H,36,37). The second kappa shape index (κ2) is 9.42.